The van der Waals surface area contributed by atoms with Crippen molar-refractivity contribution < 1.29 is 18.4 Å². The Balaban J connectivity index is 1.16. The molecular weight excluding hydrogens is 376 g/mol. The van der Waals surface area contributed by atoms with Gasteiger partial charge >= 0.3 is 6.03 Å². The second-order valence-corrected chi connectivity index (χ2v) is 9.41. The number of hydrogen-bond acceptors (Lipinski definition) is 3. The van der Waals surface area contributed by atoms with E-state index in [0.29, 0.717) is 63.2 Å². The highest BCUT2D eigenvalue weighted by Gasteiger charge is 2.58. The molecule has 0 aromatic carbocycles. The largest absolute Gasteiger partial charge is 0.338 e. The Hall–Kier alpha value is -2.02. The summed E-state index contributed by atoms with van der Waals surface area (Å²) >= 11 is 0. The van der Waals surface area contributed by atoms with Crippen LogP contribution in [0.1, 0.15) is 51.4 Å². The molecule has 29 heavy (non-hydrogen) atoms. The summed E-state index contributed by atoms with van der Waals surface area (Å²) < 4.78 is 27.0. The van der Waals surface area contributed by atoms with Gasteiger partial charge in [-0.2, -0.15) is 0 Å². The number of amides is 2. The molecule has 0 radical (unpaired) electrons. The average molecular weight is 403 g/mol. The van der Waals surface area contributed by atoms with E-state index in [1.807, 2.05) is 4.90 Å². The zero-order valence-corrected chi connectivity index (χ0v) is 16.5. The number of nitrogens with one attached hydrogen (secondary N) is 2. The molecule has 156 valence electrons. The summed E-state index contributed by atoms with van der Waals surface area (Å²) in [6.45, 7) is 1.76. The first-order valence-corrected chi connectivity index (χ1v) is 10.7. The third kappa shape index (κ3) is 3.23. The lowest BCUT2D eigenvalue weighted by Crippen LogP contribution is -2.71. The third-order valence-corrected chi connectivity index (χ3v) is 7.47. The van der Waals surface area contributed by atoms with Crippen molar-refractivity contribution in [3.05, 3.63) is 35.0 Å². The fraction of sp³-hybridized carbons (Fsp3) is 0.636. The number of Topliss-reactive ketones (excluding diaryl/α,β-unsaturated/α-hetero) is 1. The second kappa shape index (κ2) is 6.76. The molecule has 5 nitrogen and oxygen atoms in total. The molecule has 3 fully saturated rings. The Morgan fingerprint density at radius 1 is 1.24 bits per heavy atom. The Morgan fingerprint density at radius 3 is 2.69 bits per heavy atom. The molecule has 1 unspecified atom stereocenters. The lowest BCUT2D eigenvalue weighted by Gasteiger charge is -2.58. The Morgan fingerprint density at radius 2 is 2.00 bits per heavy atom. The van der Waals surface area contributed by atoms with Crippen LogP contribution >= 0.6 is 0 Å². The summed E-state index contributed by atoms with van der Waals surface area (Å²) in [5.74, 6) is 0.0727. The maximum absolute atomic E-state index is 13.9. The molecule has 1 saturated carbocycles. The second-order valence-electron chi connectivity index (χ2n) is 9.41. The van der Waals surface area contributed by atoms with Crippen molar-refractivity contribution in [3.8, 4) is 0 Å². The van der Waals surface area contributed by atoms with E-state index in [9.17, 15) is 18.4 Å². The predicted molar refractivity (Wildman–Crippen MR) is 104 cm³/mol. The molecule has 6 rings (SSSR count). The topological polar surface area (TPSA) is 61.4 Å². The number of fused-ring (bicyclic) bond motifs is 1. The molecule has 6 aliphatic rings. The van der Waals surface area contributed by atoms with Crippen molar-refractivity contribution in [2.75, 3.05) is 19.6 Å². The number of carbonyl (C=O) groups excluding carboxylic acids is 2. The van der Waals surface area contributed by atoms with Gasteiger partial charge in [-0.15, -0.1) is 0 Å². The highest BCUT2D eigenvalue weighted by Crippen LogP contribution is 2.53. The average Bonchev–Trinajstić information content (AvgIpc) is 2.68. The van der Waals surface area contributed by atoms with E-state index in [0.717, 1.165) is 24.8 Å². The zero-order valence-electron chi connectivity index (χ0n) is 16.5. The van der Waals surface area contributed by atoms with Crippen molar-refractivity contribution in [2.45, 2.75) is 62.4 Å². The third-order valence-electron chi connectivity index (χ3n) is 7.47. The van der Waals surface area contributed by atoms with E-state index in [1.54, 1.807) is 6.08 Å². The lowest BCUT2D eigenvalue weighted by molar-refractivity contribution is -0.121. The summed E-state index contributed by atoms with van der Waals surface area (Å²) in [4.78, 5) is 27.1. The molecule has 2 amide bonds. The van der Waals surface area contributed by atoms with Crippen LogP contribution in [0.4, 0.5) is 13.6 Å². The quantitative estimate of drug-likeness (QED) is 0.743. The van der Waals surface area contributed by atoms with Crippen molar-refractivity contribution in [2.24, 2.45) is 5.92 Å². The van der Waals surface area contributed by atoms with Crippen LogP contribution in [0.3, 0.4) is 0 Å². The fourth-order valence-corrected chi connectivity index (χ4v) is 5.69. The highest BCUT2D eigenvalue weighted by atomic mass is 19.1. The van der Waals surface area contributed by atoms with E-state index in [4.69, 9.17) is 0 Å². The zero-order chi connectivity index (χ0) is 20.2. The first kappa shape index (κ1) is 19.0. The van der Waals surface area contributed by atoms with Crippen LogP contribution in [-0.4, -0.2) is 47.4 Å². The number of hydrogen-bond donors (Lipinski definition) is 2. The van der Waals surface area contributed by atoms with Gasteiger partial charge in [0.2, 0.25) is 0 Å². The van der Waals surface area contributed by atoms with Gasteiger partial charge in [0.15, 0.2) is 5.78 Å². The van der Waals surface area contributed by atoms with Gasteiger partial charge in [-0.1, -0.05) is 6.08 Å². The minimum Gasteiger partial charge on any atom is -0.338 e. The summed E-state index contributed by atoms with van der Waals surface area (Å²) in [6.07, 6.45) is 7.97. The summed E-state index contributed by atoms with van der Waals surface area (Å²) in [6, 6.07) is -0.0793. The maximum Gasteiger partial charge on any atom is 0.317 e. The van der Waals surface area contributed by atoms with Crippen molar-refractivity contribution in [3.63, 3.8) is 0 Å². The van der Waals surface area contributed by atoms with Gasteiger partial charge in [0, 0.05) is 37.2 Å². The molecular formula is C22H27F2N3O2. The van der Waals surface area contributed by atoms with Crippen LogP contribution in [0.25, 0.3) is 0 Å². The summed E-state index contributed by atoms with van der Waals surface area (Å²) in [5.41, 5.74) is 0.735. The molecule has 2 aliphatic heterocycles. The van der Waals surface area contributed by atoms with E-state index >= 15 is 0 Å². The van der Waals surface area contributed by atoms with Crippen molar-refractivity contribution in [1.29, 1.82) is 0 Å². The van der Waals surface area contributed by atoms with Gasteiger partial charge in [-0.05, 0) is 62.5 Å². The van der Waals surface area contributed by atoms with Gasteiger partial charge in [-0.3, -0.25) is 4.79 Å². The molecule has 0 aromatic heterocycles. The normalized spacial score (nSPS) is 29.7. The van der Waals surface area contributed by atoms with E-state index in [-0.39, 0.29) is 34.5 Å². The monoisotopic (exact) mass is 403 g/mol. The molecule has 0 aromatic rings. The number of likely N-dealkylation sites (tertiary alicyclic amines) is 1. The fourth-order valence-electron chi connectivity index (χ4n) is 5.69. The Labute approximate surface area is 169 Å². The number of rotatable bonds is 2. The molecule has 2 spiro atoms. The first-order chi connectivity index (χ1) is 13.9. The molecule has 2 bridgehead atoms. The number of nitrogens with zero attached hydrogens (tertiary/aromatic N) is 1. The molecule has 2 heterocycles. The van der Waals surface area contributed by atoms with Gasteiger partial charge in [0.25, 0.3) is 0 Å². The van der Waals surface area contributed by atoms with Crippen LogP contribution in [0, 0.1) is 5.92 Å². The van der Waals surface area contributed by atoms with Crippen LogP contribution in [-0.2, 0) is 4.79 Å². The van der Waals surface area contributed by atoms with Gasteiger partial charge < -0.3 is 15.5 Å². The van der Waals surface area contributed by atoms with Crippen molar-refractivity contribution >= 4 is 11.8 Å². The number of allylic oxidation sites excluding steroid dienone is 4. The molecule has 2 saturated heterocycles. The van der Waals surface area contributed by atoms with Gasteiger partial charge in [-0.25, -0.2) is 13.6 Å². The minimum atomic E-state index is -0.380. The summed E-state index contributed by atoms with van der Waals surface area (Å²) in [7, 11) is 0. The lowest BCUT2D eigenvalue weighted by atomic mass is 9.58. The van der Waals surface area contributed by atoms with Crippen molar-refractivity contribution in [1.82, 2.24) is 15.5 Å². The Kier molecular flexibility index (Phi) is 4.42. The number of carbonyl (C=O) groups is 2. The van der Waals surface area contributed by atoms with Crippen LogP contribution in [0.15, 0.2) is 35.0 Å². The van der Waals surface area contributed by atoms with Crippen LogP contribution in [0.5, 0.6) is 0 Å². The number of halogens is 2. The van der Waals surface area contributed by atoms with Crippen LogP contribution < -0.4 is 10.6 Å². The smallest absolute Gasteiger partial charge is 0.317 e. The maximum atomic E-state index is 13.9. The predicted octanol–water partition coefficient (Wildman–Crippen LogP) is 3.44. The van der Waals surface area contributed by atoms with Gasteiger partial charge in [0.1, 0.15) is 5.83 Å². The highest BCUT2D eigenvalue weighted by molar-refractivity contribution is 6.01. The standard InChI is InChI=1S/C22H27F2N3O2/c23-16-3-1-14(2-4-16)13-25-20(29)27-7-5-21(6-8-27)12-19(28)17-9-18(24)15-10-22(17,11-15)26-21/h3,9,14,26H,1-2,4-8,10-13H2,(H,25,29). The molecule has 1 atom stereocenters. The number of piperidine rings is 2. The SMILES string of the molecule is O=C1CC2(CCN(C(=O)NCC3CC=C(F)CC3)CC2)NC23CC(=C(F)C=C12)C3. The molecule has 4 aliphatic carbocycles. The van der Waals surface area contributed by atoms with Crippen LogP contribution in [0.2, 0.25) is 0 Å². The Bertz CT molecular complexity index is 844. The minimum absolute atomic E-state index is 0.0457. The van der Waals surface area contributed by atoms with E-state index in [2.05, 4.69) is 10.6 Å². The van der Waals surface area contributed by atoms with Gasteiger partial charge in [0.05, 0.1) is 11.4 Å². The first-order valence-electron chi connectivity index (χ1n) is 10.7. The molecule has 2 N–H and O–H groups in total. The number of urea groups is 1. The van der Waals surface area contributed by atoms with E-state index in [1.165, 1.54) is 6.08 Å². The summed E-state index contributed by atoms with van der Waals surface area (Å²) in [5, 5.41) is 6.71. The van der Waals surface area contributed by atoms with E-state index < -0.39 is 0 Å². The molecule has 7 heteroatoms. The number of ketones is 1.